The summed E-state index contributed by atoms with van der Waals surface area (Å²) in [6.07, 6.45) is 1.41. The average molecular weight is 318 g/mol. The van der Waals surface area contributed by atoms with Gasteiger partial charge >= 0.3 is 5.97 Å². The molecular weight excluding hydrogens is 299 g/mol. The summed E-state index contributed by atoms with van der Waals surface area (Å²) in [4.78, 5) is 12.1. The van der Waals surface area contributed by atoms with E-state index >= 15 is 0 Å². The van der Waals surface area contributed by atoms with Gasteiger partial charge in [-0.3, -0.25) is 0 Å². The number of benzene rings is 1. The highest BCUT2D eigenvalue weighted by Crippen LogP contribution is 2.16. The van der Waals surface area contributed by atoms with Crippen LogP contribution in [0.2, 0.25) is 0 Å². The molecule has 0 radical (unpaired) electrons. The van der Waals surface area contributed by atoms with Crippen molar-refractivity contribution >= 4 is 16.0 Å². The maximum absolute atomic E-state index is 13.6. The molecule has 1 rings (SSSR count). The van der Waals surface area contributed by atoms with Gasteiger partial charge in [0.05, 0.1) is 5.56 Å². The molecule has 0 saturated heterocycles. The molecule has 0 aliphatic rings. The predicted molar refractivity (Wildman–Crippen MR) is 76.3 cm³/mol. The van der Waals surface area contributed by atoms with E-state index in [4.69, 9.17) is 5.11 Å². The molecule has 1 aromatic carbocycles. The fourth-order valence-corrected chi connectivity index (χ4v) is 2.86. The number of sulfonamides is 1. The molecule has 0 atom stereocenters. The van der Waals surface area contributed by atoms with Gasteiger partial charge in [-0.15, -0.1) is 0 Å². The van der Waals surface area contributed by atoms with E-state index in [1.165, 1.54) is 0 Å². The molecule has 1 aromatic rings. The number of halogens is 1. The van der Waals surface area contributed by atoms with Crippen LogP contribution in [0.3, 0.4) is 0 Å². The van der Waals surface area contributed by atoms with Crippen molar-refractivity contribution in [1.29, 1.82) is 0 Å². The number of hydrogen-bond acceptors (Lipinski definition) is 4. The van der Waals surface area contributed by atoms with Gasteiger partial charge in [0.15, 0.2) is 0 Å². The van der Waals surface area contributed by atoms with Crippen molar-refractivity contribution < 1.29 is 22.7 Å². The summed E-state index contributed by atoms with van der Waals surface area (Å²) in [6.45, 7) is 0.998. The Morgan fingerprint density at radius 2 is 2.00 bits per heavy atom. The Morgan fingerprint density at radius 3 is 2.57 bits per heavy atom. The second kappa shape index (κ2) is 7.48. The Labute approximate surface area is 123 Å². The molecule has 0 bridgehead atoms. The van der Waals surface area contributed by atoms with Crippen molar-refractivity contribution in [1.82, 2.24) is 9.62 Å². The molecule has 0 saturated carbocycles. The van der Waals surface area contributed by atoms with Gasteiger partial charge in [0, 0.05) is 6.54 Å². The SMILES string of the molecule is CN(C)CCCCNS(=O)(=O)c1cc(C(=O)O)ccc1F. The number of hydrogen-bond donors (Lipinski definition) is 2. The van der Waals surface area contributed by atoms with Crippen LogP contribution in [-0.4, -0.2) is 51.6 Å². The van der Waals surface area contributed by atoms with Gasteiger partial charge < -0.3 is 10.0 Å². The first-order valence-electron chi connectivity index (χ1n) is 6.41. The van der Waals surface area contributed by atoms with E-state index in [0.717, 1.165) is 31.2 Å². The van der Waals surface area contributed by atoms with Gasteiger partial charge in [-0.25, -0.2) is 22.3 Å². The lowest BCUT2D eigenvalue weighted by Gasteiger charge is -2.10. The van der Waals surface area contributed by atoms with Crippen LogP contribution in [0.15, 0.2) is 23.1 Å². The molecule has 0 aliphatic heterocycles. The Bertz CT molecular complexity index is 602. The highest BCUT2D eigenvalue weighted by atomic mass is 32.2. The number of nitrogens with one attached hydrogen (secondary N) is 1. The maximum Gasteiger partial charge on any atom is 0.335 e. The zero-order chi connectivity index (χ0) is 16.0. The Hall–Kier alpha value is -1.51. The predicted octanol–water partition coefficient (Wildman–Crippen LogP) is 1.14. The molecule has 2 N–H and O–H groups in total. The molecule has 0 fully saturated rings. The molecule has 6 nitrogen and oxygen atoms in total. The van der Waals surface area contributed by atoms with Crippen LogP contribution in [0.5, 0.6) is 0 Å². The number of aromatic carboxylic acids is 1. The molecule has 0 heterocycles. The summed E-state index contributed by atoms with van der Waals surface area (Å²) in [7, 11) is -0.222. The van der Waals surface area contributed by atoms with Crippen LogP contribution in [0.25, 0.3) is 0 Å². The highest BCUT2D eigenvalue weighted by Gasteiger charge is 2.20. The van der Waals surface area contributed by atoms with Crippen LogP contribution in [-0.2, 0) is 10.0 Å². The Balaban J connectivity index is 2.74. The van der Waals surface area contributed by atoms with E-state index in [1.54, 1.807) is 0 Å². The van der Waals surface area contributed by atoms with E-state index in [-0.39, 0.29) is 12.1 Å². The van der Waals surface area contributed by atoms with Crippen LogP contribution in [0.4, 0.5) is 4.39 Å². The number of nitrogens with zero attached hydrogens (tertiary/aromatic N) is 1. The van der Waals surface area contributed by atoms with E-state index < -0.39 is 26.7 Å². The lowest BCUT2D eigenvalue weighted by atomic mass is 10.2. The third kappa shape index (κ3) is 5.41. The normalized spacial score (nSPS) is 11.8. The summed E-state index contributed by atoms with van der Waals surface area (Å²) in [5, 5.41) is 8.82. The topological polar surface area (TPSA) is 86.7 Å². The Kier molecular flexibility index (Phi) is 6.25. The lowest BCUT2D eigenvalue weighted by molar-refractivity contribution is 0.0696. The fraction of sp³-hybridized carbons (Fsp3) is 0.462. The van der Waals surface area contributed by atoms with Crippen molar-refractivity contribution in [2.75, 3.05) is 27.2 Å². The standard InChI is InChI=1S/C13H19FN2O4S/c1-16(2)8-4-3-7-15-21(19,20)12-9-10(13(17)18)5-6-11(12)14/h5-6,9,15H,3-4,7-8H2,1-2H3,(H,17,18). The second-order valence-electron chi connectivity index (χ2n) is 4.86. The van der Waals surface area contributed by atoms with Gasteiger partial charge in [-0.05, 0) is 51.7 Å². The van der Waals surface area contributed by atoms with E-state index in [1.807, 2.05) is 19.0 Å². The molecule has 0 unspecified atom stereocenters. The number of carbonyl (C=O) groups is 1. The molecule has 118 valence electrons. The Morgan fingerprint density at radius 1 is 1.33 bits per heavy atom. The molecule has 0 amide bonds. The van der Waals surface area contributed by atoms with Crippen molar-refractivity contribution in [3.63, 3.8) is 0 Å². The van der Waals surface area contributed by atoms with Crippen LogP contribution >= 0.6 is 0 Å². The monoisotopic (exact) mass is 318 g/mol. The largest absolute Gasteiger partial charge is 0.478 e. The fourth-order valence-electron chi connectivity index (χ4n) is 1.68. The van der Waals surface area contributed by atoms with Gasteiger partial charge in [-0.1, -0.05) is 0 Å². The van der Waals surface area contributed by atoms with Crippen molar-refractivity contribution in [2.45, 2.75) is 17.7 Å². The molecule has 21 heavy (non-hydrogen) atoms. The zero-order valence-electron chi connectivity index (χ0n) is 12.0. The summed E-state index contributed by atoms with van der Waals surface area (Å²) in [5.41, 5.74) is -0.274. The smallest absolute Gasteiger partial charge is 0.335 e. The minimum atomic E-state index is -4.05. The zero-order valence-corrected chi connectivity index (χ0v) is 12.8. The van der Waals surface area contributed by atoms with Crippen LogP contribution < -0.4 is 4.72 Å². The lowest BCUT2D eigenvalue weighted by Crippen LogP contribution is -2.26. The third-order valence-electron chi connectivity index (χ3n) is 2.79. The number of rotatable bonds is 8. The first-order chi connectivity index (χ1) is 9.74. The number of unbranched alkanes of at least 4 members (excludes halogenated alkanes) is 1. The van der Waals surface area contributed by atoms with Crippen molar-refractivity contribution in [3.05, 3.63) is 29.6 Å². The molecule has 0 aromatic heterocycles. The van der Waals surface area contributed by atoms with E-state index in [2.05, 4.69) is 4.72 Å². The minimum Gasteiger partial charge on any atom is -0.478 e. The third-order valence-corrected chi connectivity index (χ3v) is 4.27. The summed E-state index contributed by atoms with van der Waals surface area (Å²) in [6, 6.07) is 2.68. The number of carboxylic acids is 1. The summed E-state index contributed by atoms with van der Waals surface area (Å²) in [5.74, 6) is -2.28. The minimum absolute atomic E-state index is 0.174. The van der Waals surface area contributed by atoms with Gasteiger partial charge in [-0.2, -0.15) is 0 Å². The van der Waals surface area contributed by atoms with Crippen LogP contribution in [0, 0.1) is 5.82 Å². The summed E-state index contributed by atoms with van der Waals surface area (Å²) < 4.78 is 39.8. The average Bonchev–Trinajstić information content (AvgIpc) is 2.37. The first kappa shape index (κ1) is 17.5. The van der Waals surface area contributed by atoms with Gasteiger partial charge in [0.25, 0.3) is 0 Å². The maximum atomic E-state index is 13.6. The summed E-state index contributed by atoms with van der Waals surface area (Å²) >= 11 is 0. The molecule has 8 heteroatoms. The van der Waals surface area contributed by atoms with Crippen LogP contribution in [0.1, 0.15) is 23.2 Å². The first-order valence-corrected chi connectivity index (χ1v) is 7.89. The van der Waals surface area contributed by atoms with Gasteiger partial charge in [0.1, 0.15) is 10.7 Å². The van der Waals surface area contributed by atoms with Crippen molar-refractivity contribution in [3.8, 4) is 0 Å². The van der Waals surface area contributed by atoms with Gasteiger partial charge in [0.2, 0.25) is 10.0 Å². The second-order valence-corrected chi connectivity index (χ2v) is 6.59. The highest BCUT2D eigenvalue weighted by molar-refractivity contribution is 7.89. The number of carboxylic acid groups (broad SMARTS) is 1. The molecular formula is C13H19FN2O4S. The molecule has 0 spiro atoms. The quantitative estimate of drug-likeness (QED) is 0.702. The van der Waals surface area contributed by atoms with Crippen molar-refractivity contribution in [2.24, 2.45) is 0 Å². The van der Waals surface area contributed by atoms with E-state index in [9.17, 15) is 17.6 Å². The van der Waals surface area contributed by atoms with E-state index in [0.29, 0.717) is 6.42 Å². The molecule has 0 aliphatic carbocycles.